The Morgan fingerprint density at radius 2 is 2.00 bits per heavy atom. The molecule has 4 heteroatoms. The molecule has 2 rings (SSSR count). The van der Waals surface area contributed by atoms with Gasteiger partial charge in [-0.3, -0.25) is 0 Å². The van der Waals surface area contributed by atoms with E-state index in [4.69, 9.17) is 4.74 Å². The fraction of sp³-hybridized carbons (Fsp3) is 0.188. The van der Waals surface area contributed by atoms with E-state index < -0.39 is 0 Å². The topological polar surface area (TPSA) is 36.3 Å². The monoisotopic (exact) mass is 330 g/mol. The van der Waals surface area contributed by atoms with Crippen molar-refractivity contribution in [3.8, 4) is 11.8 Å². The summed E-state index contributed by atoms with van der Waals surface area (Å²) < 4.78 is 6.26. The lowest BCUT2D eigenvalue weighted by molar-refractivity contribution is 0.409. The van der Waals surface area contributed by atoms with Gasteiger partial charge in [-0.05, 0) is 24.3 Å². The van der Waals surface area contributed by atoms with Crippen LogP contribution < -0.4 is 9.64 Å². The summed E-state index contributed by atoms with van der Waals surface area (Å²) in [6.07, 6.45) is 0. The molecule has 0 bridgehead atoms. The molecule has 102 valence electrons. The second-order valence-electron chi connectivity index (χ2n) is 4.44. The summed E-state index contributed by atoms with van der Waals surface area (Å²) in [7, 11) is 3.63. The van der Waals surface area contributed by atoms with Crippen LogP contribution in [0.2, 0.25) is 0 Å². The SMILES string of the molecule is COc1ccccc1CN(C)c1ccc(Br)cc1C#N. The van der Waals surface area contributed by atoms with Crippen molar-refractivity contribution in [1.82, 2.24) is 0 Å². The molecule has 0 aliphatic rings. The molecule has 0 aliphatic heterocycles. The lowest BCUT2D eigenvalue weighted by atomic mass is 10.1. The molecule has 0 saturated heterocycles. The van der Waals surface area contributed by atoms with Gasteiger partial charge in [-0.15, -0.1) is 0 Å². The molecule has 0 N–H and O–H groups in total. The number of benzene rings is 2. The Hall–Kier alpha value is -1.99. The summed E-state index contributed by atoms with van der Waals surface area (Å²) in [5.41, 5.74) is 2.64. The van der Waals surface area contributed by atoms with E-state index in [0.29, 0.717) is 12.1 Å². The van der Waals surface area contributed by atoms with Crippen LogP contribution in [-0.4, -0.2) is 14.2 Å². The summed E-state index contributed by atoms with van der Waals surface area (Å²) in [6, 6.07) is 15.8. The predicted molar refractivity (Wildman–Crippen MR) is 84.0 cm³/mol. The van der Waals surface area contributed by atoms with Crippen LogP contribution >= 0.6 is 15.9 Å². The standard InChI is InChI=1S/C16H15BrN2O/c1-19(11-12-5-3-4-6-16(12)20-2)15-8-7-14(17)9-13(15)10-18/h3-9H,11H2,1-2H3. The van der Waals surface area contributed by atoms with Crippen molar-refractivity contribution >= 4 is 21.6 Å². The fourth-order valence-electron chi connectivity index (χ4n) is 2.10. The number of ether oxygens (including phenoxy) is 1. The molecule has 0 amide bonds. The highest BCUT2D eigenvalue weighted by atomic mass is 79.9. The van der Waals surface area contributed by atoms with Crippen molar-refractivity contribution in [2.24, 2.45) is 0 Å². The third kappa shape index (κ3) is 3.12. The first-order valence-corrected chi connectivity index (χ1v) is 6.97. The third-order valence-electron chi connectivity index (χ3n) is 3.09. The van der Waals surface area contributed by atoms with E-state index in [-0.39, 0.29) is 0 Å². The van der Waals surface area contributed by atoms with Gasteiger partial charge in [0.2, 0.25) is 0 Å². The Bertz CT molecular complexity index is 649. The Morgan fingerprint density at radius 1 is 1.25 bits per heavy atom. The first kappa shape index (κ1) is 14.4. The summed E-state index contributed by atoms with van der Waals surface area (Å²) in [5.74, 6) is 0.856. The molecular formula is C16H15BrN2O. The number of para-hydroxylation sites is 1. The van der Waals surface area contributed by atoms with Gasteiger partial charge in [0.1, 0.15) is 11.8 Å². The van der Waals surface area contributed by atoms with Crippen molar-refractivity contribution in [2.75, 3.05) is 19.1 Å². The predicted octanol–water partition coefficient (Wildman–Crippen LogP) is 3.97. The first-order valence-electron chi connectivity index (χ1n) is 6.18. The summed E-state index contributed by atoms with van der Waals surface area (Å²) in [4.78, 5) is 2.04. The molecule has 0 radical (unpaired) electrons. The molecule has 0 heterocycles. The highest BCUT2D eigenvalue weighted by molar-refractivity contribution is 9.10. The number of hydrogen-bond donors (Lipinski definition) is 0. The Balaban J connectivity index is 2.29. The number of anilines is 1. The Morgan fingerprint density at radius 3 is 2.70 bits per heavy atom. The minimum Gasteiger partial charge on any atom is -0.496 e. The van der Waals surface area contributed by atoms with Gasteiger partial charge < -0.3 is 9.64 Å². The summed E-state index contributed by atoms with van der Waals surface area (Å²) in [5, 5.41) is 9.24. The zero-order valence-corrected chi connectivity index (χ0v) is 13.0. The molecule has 0 saturated carbocycles. The average molecular weight is 331 g/mol. The van der Waals surface area contributed by atoms with E-state index in [1.807, 2.05) is 54.4 Å². The van der Waals surface area contributed by atoms with Gasteiger partial charge in [0.05, 0.1) is 18.4 Å². The van der Waals surface area contributed by atoms with Crippen LogP contribution in [0.5, 0.6) is 5.75 Å². The number of rotatable bonds is 4. The van der Waals surface area contributed by atoms with Gasteiger partial charge in [-0.1, -0.05) is 34.1 Å². The van der Waals surface area contributed by atoms with E-state index in [9.17, 15) is 5.26 Å². The number of halogens is 1. The van der Waals surface area contributed by atoms with Crippen LogP contribution in [0.25, 0.3) is 0 Å². The van der Waals surface area contributed by atoms with Crippen LogP contribution in [0, 0.1) is 11.3 Å². The van der Waals surface area contributed by atoms with Crippen molar-refractivity contribution < 1.29 is 4.74 Å². The van der Waals surface area contributed by atoms with Crippen molar-refractivity contribution in [2.45, 2.75) is 6.54 Å². The molecule has 2 aromatic carbocycles. The third-order valence-corrected chi connectivity index (χ3v) is 3.58. The van der Waals surface area contributed by atoms with Crippen molar-refractivity contribution in [1.29, 1.82) is 5.26 Å². The van der Waals surface area contributed by atoms with Crippen molar-refractivity contribution in [3.05, 3.63) is 58.1 Å². The van der Waals surface area contributed by atoms with Crippen LogP contribution in [-0.2, 0) is 6.54 Å². The lowest BCUT2D eigenvalue weighted by Crippen LogP contribution is -2.18. The Labute approximate surface area is 127 Å². The quantitative estimate of drug-likeness (QED) is 0.851. The molecule has 2 aromatic rings. The second kappa shape index (κ2) is 6.44. The van der Waals surface area contributed by atoms with Gasteiger partial charge >= 0.3 is 0 Å². The summed E-state index contributed by atoms with van der Waals surface area (Å²) in [6.45, 7) is 0.681. The highest BCUT2D eigenvalue weighted by Crippen LogP contribution is 2.26. The number of hydrogen-bond acceptors (Lipinski definition) is 3. The van der Waals surface area contributed by atoms with Gasteiger partial charge in [0, 0.05) is 23.6 Å². The van der Waals surface area contributed by atoms with E-state index in [2.05, 4.69) is 22.0 Å². The molecule has 0 atom stereocenters. The molecular weight excluding hydrogens is 316 g/mol. The van der Waals surface area contributed by atoms with Gasteiger partial charge in [-0.2, -0.15) is 5.26 Å². The molecule has 0 unspecified atom stereocenters. The van der Waals surface area contributed by atoms with E-state index in [1.165, 1.54) is 0 Å². The molecule has 20 heavy (non-hydrogen) atoms. The second-order valence-corrected chi connectivity index (χ2v) is 5.36. The number of methoxy groups -OCH3 is 1. The molecule has 0 spiro atoms. The minimum atomic E-state index is 0.650. The fourth-order valence-corrected chi connectivity index (χ4v) is 2.47. The molecule has 0 aliphatic carbocycles. The van der Waals surface area contributed by atoms with E-state index in [0.717, 1.165) is 21.5 Å². The van der Waals surface area contributed by atoms with Crippen molar-refractivity contribution in [3.63, 3.8) is 0 Å². The summed E-state index contributed by atoms with van der Waals surface area (Å²) >= 11 is 3.39. The zero-order valence-electron chi connectivity index (χ0n) is 11.4. The van der Waals surface area contributed by atoms with Gasteiger partial charge in [-0.25, -0.2) is 0 Å². The molecule has 3 nitrogen and oxygen atoms in total. The van der Waals surface area contributed by atoms with Crippen LogP contribution in [0.4, 0.5) is 5.69 Å². The highest BCUT2D eigenvalue weighted by Gasteiger charge is 2.10. The number of nitrogens with zero attached hydrogens (tertiary/aromatic N) is 2. The average Bonchev–Trinajstić information content (AvgIpc) is 2.47. The first-order chi connectivity index (χ1) is 9.65. The maximum Gasteiger partial charge on any atom is 0.123 e. The normalized spacial score (nSPS) is 9.90. The minimum absolute atomic E-state index is 0.650. The van der Waals surface area contributed by atoms with E-state index in [1.54, 1.807) is 7.11 Å². The molecule has 0 aromatic heterocycles. The zero-order chi connectivity index (χ0) is 14.5. The molecule has 0 fully saturated rings. The van der Waals surface area contributed by atoms with Gasteiger partial charge in [0.25, 0.3) is 0 Å². The lowest BCUT2D eigenvalue weighted by Gasteiger charge is -2.22. The van der Waals surface area contributed by atoms with Crippen LogP contribution in [0.1, 0.15) is 11.1 Å². The maximum absolute atomic E-state index is 9.24. The van der Waals surface area contributed by atoms with E-state index >= 15 is 0 Å². The van der Waals surface area contributed by atoms with Crippen LogP contribution in [0.15, 0.2) is 46.9 Å². The van der Waals surface area contributed by atoms with Crippen LogP contribution in [0.3, 0.4) is 0 Å². The largest absolute Gasteiger partial charge is 0.496 e. The Kier molecular flexibility index (Phi) is 4.65. The van der Waals surface area contributed by atoms with Gasteiger partial charge in [0.15, 0.2) is 0 Å². The number of nitriles is 1. The maximum atomic E-state index is 9.24. The smallest absolute Gasteiger partial charge is 0.123 e.